The lowest BCUT2D eigenvalue weighted by Crippen LogP contribution is -2.45. The second kappa shape index (κ2) is 3.48. The van der Waals surface area contributed by atoms with Crippen molar-refractivity contribution in [3.8, 4) is 5.75 Å². The summed E-state index contributed by atoms with van der Waals surface area (Å²) in [5, 5.41) is 15.0. The number of ether oxygens (including phenoxy) is 1. The Morgan fingerprint density at radius 3 is 3.06 bits per heavy atom. The number of carbonyl (C=O) groups is 1. The van der Waals surface area contributed by atoms with E-state index < -0.39 is 12.2 Å². The number of hydrogen-bond donors (Lipinski definition) is 1. The van der Waals surface area contributed by atoms with Crippen LogP contribution in [0.15, 0.2) is 29.4 Å². The van der Waals surface area contributed by atoms with Gasteiger partial charge in [-0.1, -0.05) is 18.2 Å². The number of benzene rings is 1. The maximum absolute atomic E-state index is 11.2. The van der Waals surface area contributed by atoms with Gasteiger partial charge >= 0.3 is 5.97 Å². The maximum atomic E-state index is 11.2. The number of hydrazone groups is 1. The summed E-state index contributed by atoms with van der Waals surface area (Å²) in [6.07, 6.45) is -0.267. The van der Waals surface area contributed by atoms with Crippen molar-refractivity contribution >= 4 is 11.7 Å². The van der Waals surface area contributed by atoms with Crippen molar-refractivity contribution in [2.75, 3.05) is 0 Å². The standard InChI is InChI=1S/C12H12N2O3/c1-7-6-9-8-4-2-3-5-10(8)17-11(12(15)16)14(9)13-7/h2-5,9,11H,6H2,1H3,(H,15,16)/t9-,11-/m1/s1. The van der Waals surface area contributed by atoms with E-state index >= 15 is 0 Å². The lowest BCUT2D eigenvalue weighted by atomic mass is 10.00. The van der Waals surface area contributed by atoms with Gasteiger partial charge in [-0.15, -0.1) is 0 Å². The molecule has 0 spiro atoms. The van der Waals surface area contributed by atoms with E-state index in [1.54, 1.807) is 11.1 Å². The summed E-state index contributed by atoms with van der Waals surface area (Å²) >= 11 is 0. The number of aliphatic carboxylic acids is 1. The van der Waals surface area contributed by atoms with Crippen LogP contribution >= 0.6 is 0 Å². The highest BCUT2D eigenvalue weighted by atomic mass is 16.5. The van der Waals surface area contributed by atoms with E-state index in [-0.39, 0.29) is 6.04 Å². The monoisotopic (exact) mass is 232 g/mol. The molecule has 0 saturated heterocycles. The number of fused-ring (bicyclic) bond motifs is 3. The Morgan fingerprint density at radius 1 is 1.53 bits per heavy atom. The minimum absolute atomic E-state index is 0.0129. The van der Waals surface area contributed by atoms with Crippen LogP contribution < -0.4 is 4.74 Å². The minimum atomic E-state index is -1.02. The Kier molecular flexibility index (Phi) is 2.07. The molecule has 0 aliphatic carbocycles. The summed E-state index contributed by atoms with van der Waals surface area (Å²) in [7, 11) is 0. The third-order valence-corrected chi connectivity index (χ3v) is 3.06. The molecule has 0 saturated carbocycles. The van der Waals surface area contributed by atoms with E-state index in [2.05, 4.69) is 5.10 Å². The summed E-state index contributed by atoms with van der Waals surface area (Å²) in [4.78, 5) is 11.2. The van der Waals surface area contributed by atoms with Crippen molar-refractivity contribution < 1.29 is 14.6 Å². The SMILES string of the molecule is CC1=NN2[C@@H](C(=O)O)Oc3ccccc3[C@H]2C1. The van der Waals surface area contributed by atoms with Crippen molar-refractivity contribution in [2.24, 2.45) is 5.10 Å². The van der Waals surface area contributed by atoms with Crippen molar-refractivity contribution in [3.05, 3.63) is 29.8 Å². The Bertz CT molecular complexity index is 512. The normalized spacial score (nSPS) is 25.7. The second-order valence-electron chi connectivity index (χ2n) is 4.28. The highest BCUT2D eigenvalue weighted by molar-refractivity contribution is 5.85. The highest BCUT2D eigenvalue weighted by Crippen LogP contribution is 2.41. The molecule has 2 heterocycles. The third kappa shape index (κ3) is 1.46. The van der Waals surface area contributed by atoms with Crippen molar-refractivity contribution in [2.45, 2.75) is 25.6 Å². The van der Waals surface area contributed by atoms with E-state index in [0.29, 0.717) is 5.75 Å². The molecule has 3 rings (SSSR count). The molecule has 88 valence electrons. The molecule has 0 fully saturated rings. The highest BCUT2D eigenvalue weighted by Gasteiger charge is 2.42. The first-order valence-corrected chi connectivity index (χ1v) is 5.47. The molecule has 2 atom stereocenters. The van der Waals surface area contributed by atoms with Crippen LogP contribution in [0.2, 0.25) is 0 Å². The summed E-state index contributed by atoms with van der Waals surface area (Å²) in [5.41, 5.74) is 1.94. The van der Waals surface area contributed by atoms with E-state index in [4.69, 9.17) is 9.84 Å². The molecule has 1 N–H and O–H groups in total. The number of para-hydroxylation sites is 1. The summed E-state index contributed by atoms with van der Waals surface area (Å²) in [6, 6.07) is 7.52. The van der Waals surface area contributed by atoms with Crippen LogP contribution in [-0.4, -0.2) is 28.0 Å². The van der Waals surface area contributed by atoms with E-state index in [1.807, 2.05) is 25.1 Å². The Labute approximate surface area is 98.3 Å². The van der Waals surface area contributed by atoms with Gasteiger partial charge in [0.25, 0.3) is 6.23 Å². The molecule has 17 heavy (non-hydrogen) atoms. The average molecular weight is 232 g/mol. The molecule has 0 aromatic heterocycles. The third-order valence-electron chi connectivity index (χ3n) is 3.06. The fourth-order valence-electron chi connectivity index (χ4n) is 2.35. The zero-order valence-electron chi connectivity index (χ0n) is 9.33. The number of carboxylic acid groups (broad SMARTS) is 1. The summed E-state index contributed by atoms with van der Waals surface area (Å²) in [6.45, 7) is 1.90. The molecule has 1 aromatic rings. The van der Waals surface area contributed by atoms with Crippen molar-refractivity contribution in [3.63, 3.8) is 0 Å². The summed E-state index contributed by atoms with van der Waals surface area (Å²) in [5.74, 6) is -0.367. The van der Waals surface area contributed by atoms with Gasteiger partial charge in [-0.25, -0.2) is 9.80 Å². The fraction of sp³-hybridized carbons (Fsp3) is 0.333. The van der Waals surface area contributed by atoms with E-state index in [1.165, 1.54) is 0 Å². The van der Waals surface area contributed by atoms with Crippen molar-refractivity contribution in [1.82, 2.24) is 5.01 Å². The van der Waals surface area contributed by atoms with Crippen LogP contribution in [-0.2, 0) is 4.79 Å². The molecule has 2 aliphatic rings. The number of carboxylic acids is 1. The largest absolute Gasteiger partial charge is 0.477 e. The van der Waals surface area contributed by atoms with Gasteiger partial charge in [0, 0.05) is 17.7 Å². The predicted molar refractivity (Wildman–Crippen MR) is 60.8 cm³/mol. The first kappa shape index (κ1) is 10.1. The molecule has 0 bridgehead atoms. The molecular formula is C12H12N2O3. The number of nitrogens with zero attached hydrogens (tertiary/aromatic N) is 2. The number of rotatable bonds is 1. The molecule has 5 heteroatoms. The zero-order chi connectivity index (χ0) is 12.0. The Morgan fingerprint density at radius 2 is 2.29 bits per heavy atom. The van der Waals surface area contributed by atoms with Crippen LogP contribution in [0.3, 0.4) is 0 Å². The molecule has 0 amide bonds. The number of hydrogen-bond acceptors (Lipinski definition) is 4. The lowest BCUT2D eigenvalue weighted by molar-refractivity contribution is -0.158. The molecular weight excluding hydrogens is 220 g/mol. The summed E-state index contributed by atoms with van der Waals surface area (Å²) < 4.78 is 5.47. The van der Waals surface area contributed by atoms with E-state index in [9.17, 15) is 4.79 Å². The zero-order valence-corrected chi connectivity index (χ0v) is 9.33. The van der Waals surface area contributed by atoms with Crippen LogP contribution in [0.5, 0.6) is 5.75 Å². The Balaban J connectivity index is 2.08. The smallest absolute Gasteiger partial charge is 0.368 e. The lowest BCUT2D eigenvalue weighted by Gasteiger charge is -2.35. The molecule has 0 unspecified atom stereocenters. The van der Waals surface area contributed by atoms with E-state index in [0.717, 1.165) is 17.7 Å². The van der Waals surface area contributed by atoms with Crippen LogP contribution in [0.1, 0.15) is 24.9 Å². The average Bonchev–Trinajstić information content (AvgIpc) is 2.69. The van der Waals surface area contributed by atoms with Gasteiger partial charge in [-0.05, 0) is 13.0 Å². The van der Waals surface area contributed by atoms with Gasteiger partial charge in [0.1, 0.15) is 5.75 Å². The first-order valence-electron chi connectivity index (χ1n) is 5.47. The van der Waals surface area contributed by atoms with Crippen LogP contribution in [0, 0.1) is 0 Å². The molecule has 5 nitrogen and oxygen atoms in total. The topological polar surface area (TPSA) is 62.1 Å². The minimum Gasteiger partial charge on any atom is -0.477 e. The van der Waals surface area contributed by atoms with Crippen LogP contribution in [0.4, 0.5) is 0 Å². The van der Waals surface area contributed by atoms with Gasteiger partial charge in [0.2, 0.25) is 0 Å². The first-order chi connectivity index (χ1) is 8.16. The van der Waals surface area contributed by atoms with Gasteiger partial charge in [-0.2, -0.15) is 5.10 Å². The molecule has 0 radical (unpaired) electrons. The maximum Gasteiger partial charge on any atom is 0.368 e. The Hall–Kier alpha value is -2.04. The van der Waals surface area contributed by atoms with Crippen LogP contribution in [0.25, 0.3) is 0 Å². The van der Waals surface area contributed by atoms with Gasteiger partial charge in [-0.3, -0.25) is 0 Å². The van der Waals surface area contributed by atoms with Gasteiger partial charge in [0.15, 0.2) is 0 Å². The second-order valence-corrected chi connectivity index (χ2v) is 4.28. The van der Waals surface area contributed by atoms with Gasteiger partial charge in [0.05, 0.1) is 6.04 Å². The quantitative estimate of drug-likeness (QED) is 0.799. The fourth-order valence-corrected chi connectivity index (χ4v) is 2.35. The van der Waals surface area contributed by atoms with Crippen molar-refractivity contribution in [1.29, 1.82) is 0 Å². The molecule has 1 aromatic carbocycles. The predicted octanol–water partition coefficient (Wildman–Crippen LogP) is 1.61. The van der Waals surface area contributed by atoms with Gasteiger partial charge < -0.3 is 9.84 Å². The molecule has 2 aliphatic heterocycles.